The highest BCUT2D eigenvalue weighted by atomic mass is 32.2. The molecular formula is C23H31NO4S. The molecule has 0 spiro atoms. The van der Waals surface area contributed by atoms with Crippen molar-refractivity contribution in [2.24, 2.45) is 0 Å². The second-order valence-corrected chi connectivity index (χ2v) is 9.83. The van der Waals surface area contributed by atoms with Crippen LogP contribution in [0.15, 0.2) is 47.4 Å². The molecule has 29 heavy (non-hydrogen) atoms. The first-order chi connectivity index (χ1) is 13.8. The van der Waals surface area contributed by atoms with Crippen molar-refractivity contribution in [2.45, 2.75) is 49.8 Å². The Morgan fingerprint density at radius 1 is 1.14 bits per heavy atom. The van der Waals surface area contributed by atoms with Crippen molar-refractivity contribution in [3.63, 3.8) is 0 Å². The van der Waals surface area contributed by atoms with Crippen molar-refractivity contribution >= 4 is 10.0 Å². The molecule has 1 N–H and O–H groups in total. The first-order valence-electron chi connectivity index (χ1n) is 10.1. The maximum absolute atomic E-state index is 13.3. The topological polar surface area (TPSA) is 64.6 Å². The lowest BCUT2D eigenvalue weighted by atomic mass is 9.74. The van der Waals surface area contributed by atoms with E-state index in [1.54, 1.807) is 13.2 Å². The van der Waals surface area contributed by atoms with Gasteiger partial charge in [0.25, 0.3) is 0 Å². The Morgan fingerprint density at radius 2 is 1.79 bits per heavy atom. The minimum Gasteiger partial charge on any atom is -0.496 e. The third kappa shape index (κ3) is 4.65. The van der Waals surface area contributed by atoms with Crippen LogP contribution in [0.4, 0.5) is 0 Å². The zero-order valence-corrected chi connectivity index (χ0v) is 18.5. The van der Waals surface area contributed by atoms with E-state index < -0.39 is 10.0 Å². The third-order valence-corrected chi connectivity index (χ3v) is 7.42. The smallest absolute Gasteiger partial charge is 0.240 e. The Kier molecular flexibility index (Phi) is 6.66. The van der Waals surface area contributed by atoms with Crippen molar-refractivity contribution in [3.8, 4) is 5.75 Å². The van der Waals surface area contributed by atoms with Crippen LogP contribution in [0.2, 0.25) is 0 Å². The van der Waals surface area contributed by atoms with Crippen LogP contribution in [0, 0.1) is 6.92 Å². The van der Waals surface area contributed by atoms with E-state index in [2.05, 4.69) is 16.9 Å². The van der Waals surface area contributed by atoms with E-state index in [0.717, 1.165) is 29.7 Å². The first kappa shape index (κ1) is 21.8. The van der Waals surface area contributed by atoms with Gasteiger partial charge in [-0.3, -0.25) is 0 Å². The van der Waals surface area contributed by atoms with Gasteiger partial charge in [0.15, 0.2) is 0 Å². The number of hydrogen-bond donors (Lipinski definition) is 1. The van der Waals surface area contributed by atoms with Crippen molar-refractivity contribution < 1.29 is 17.9 Å². The van der Waals surface area contributed by atoms with E-state index in [4.69, 9.17) is 9.47 Å². The molecule has 6 heteroatoms. The number of benzene rings is 2. The Hall–Kier alpha value is -1.89. The van der Waals surface area contributed by atoms with Gasteiger partial charge in [0.1, 0.15) is 5.75 Å². The van der Waals surface area contributed by atoms with Gasteiger partial charge in [-0.15, -0.1) is 0 Å². The standard InChI is InChI=1S/C23H31NO4S/c1-17(2)20-15-22(18(3)14-21(20)27-4)29(25,26)24-16-23(10-12-28-13-11-23)19-8-6-5-7-9-19/h5-9,14-15,17,24H,10-13,16H2,1-4H3. The second-order valence-electron chi connectivity index (χ2n) is 8.10. The van der Waals surface area contributed by atoms with Gasteiger partial charge in [-0.05, 0) is 54.5 Å². The summed E-state index contributed by atoms with van der Waals surface area (Å²) in [6.45, 7) is 7.49. The predicted molar refractivity (Wildman–Crippen MR) is 115 cm³/mol. The van der Waals surface area contributed by atoms with E-state index in [0.29, 0.717) is 30.2 Å². The van der Waals surface area contributed by atoms with Gasteiger partial charge in [-0.2, -0.15) is 0 Å². The highest BCUT2D eigenvalue weighted by Gasteiger charge is 2.36. The molecule has 2 aromatic carbocycles. The molecule has 0 atom stereocenters. The van der Waals surface area contributed by atoms with E-state index in [-0.39, 0.29) is 11.3 Å². The molecular weight excluding hydrogens is 386 g/mol. The number of methoxy groups -OCH3 is 1. The average Bonchev–Trinajstić information content (AvgIpc) is 2.73. The van der Waals surface area contributed by atoms with Crippen LogP contribution in [0.5, 0.6) is 5.75 Å². The Balaban J connectivity index is 1.92. The van der Waals surface area contributed by atoms with E-state index in [1.165, 1.54) is 0 Å². The summed E-state index contributed by atoms with van der Waals surface area (Å²) in [6, 6.07) is 13.7. The number of sulfonamides is 1. The SMILES string of the molecule is COc1cc(C)c(S(=O)(=O)NCC2(c3ccccc3)CCOCC2)cc1C(C)C. The van der Waals surface area contributed by atoms with Crippen LogP contribution in [-0.4, -0.2) is 35.3 Å². The minimum atomic E-state index is -3.66. The van der Waals surface area contributed by atoms with E-state index in [1.807, 2.05) is 45.0 Å². The van der Waals surface area contributed by atoms with Gasteiger partial charge in [-0.1, -0.05) is 44.2 Å². The number of hydrogen-bond acceptors (Lipinski definition) is 4. The predicted octanol–water partition coefficient (Wildman–Crippen LogP) is 4.15. The van der Waals surface area contributed by atoms with Crippen LogP contribution < -0.4 is 9.46 Å². The molecule has 0 unspecified atom stereocenters. The molecule has 0 radical (unpaired) electrons. The molecule has 1 heterocycles. The lowest BCUT2D eigenvalue weighted by Crippen LogP contribution is -2.44. The van der Waals surface area contributed by atoms with Crippen molar-refractivity contribution in [1.82, 2.24) is 4.72 Å². The van der Waals surface area contributed by atoms with Crippen LogP contribution in [-0.2, 0) is 20.2 Å². The molecule has 3 rings (SSSR count). The molecule has 1 aliphatic heterocycles. The van der Waals surface area contributed by atoms with Gasteiger partial charge in [-0.25, -0.2) is 13.1 Å². The fourth-order valence-electron chi connectivity index (χ4n) is 4.03. The Bertz CT molecular complexity index is 933. The Labute approximate surface area is 174 Å². The summed E-state index contributed by atoms with van der Waals surface area (Å²) >= 11 is 0. The fraction of sp³-hybridized carbons (Fsp3) is 0.478. The van der Waals surface area contributed by atoms with Crippen molar-refractivity contribution in [3.05, 3.63) is 59.2 Å². The number of nitrogens with one attached hydrogen (secondary N) is 1. The highest BCUT2D eigenvalue weighted by molar-refractivity contribution is 7.89. The third-order valence-electron chi connectivity index (χ3n) is 5.88. The zero-order chi connectivity index (χ0) is 21.1. The Morgan fingerprint density at radius 3 is 2.38 bits per heavy atom. The molecule has 5 nitrogen and oxygen atoms in total. The van der Waals surface area contributed by atoms with Crippen molar-refractivity contribution in [2.75, 3.05) is 26.9 Å². The minimum absolute atomic E-state index is 0.158. The number of aryl methyl sites for hydroxylation is 1. The summed E-state index contributed by atoms with van der Waals surface area (Å²) in [5, 5.41) is 0. The summed E-state index contributed by atoms with van der Waals surface area (Å²) in [6.07, 6.45) is 1.58. The zero-order valence-electron chi connectivity index (χ0n) is 17.7. The van der Waals surface area contributed by atoms with Gasteiger partial charge in [0.2, 0.25) is 10.0 Å². The molecule has 0 aliphatic carbocycles. The first-order valence-corrected chi connectivity index (χ1v) is 11.6. The molecule has 1 fully saturated rings. The lowest BCUT2D eigenvalue weighted by Gasteiger charge is -2.38. The molecule has 0 bridgehead atoms. The summed E-state index contributed by atoms with van der Waals surface area (Å²) in [5.74, 6) is 0.882. The largest absolute Gasteiger partial charge is 0.496 e. The summed E-state index contributed by atoms with van der Waals surface area (Å²) in [5.41, 5.74) is 2.47. The molecule has 0 saturated carbocycles. The summed E-state index contributed by atoms with van der Waals surface area (Å²) < 4.78 is 40.4. The van der Waals surface area contributed by atoms with Crippen molar-refractivity contribution in [1.29, 1.82) is 0 Å². The van der Waals surface area contributed by atoms with Crippen LogP contribution in [0.1, 0.15) is 49.3 Å². The second kappa shape index (κ2) is 8.86. The van der Waals surface area contributed by atoms with E-state index >= 15 is 0 Å². The molecule has 1 aliphatic rings. The summed E-state index contributed by atoms with van der Waals surface area (Å²) in [4.78, 5) is 0.317. The number of rotatable bonds is 7. The van der Waals surface area contributed by atoms with Gasteiger partial charge < -0.3 is 9.47 Å². The maximum Gasteiger partial charge on any atom is 0.240 e. The van der Waals surface area contributed by atoms with Gasteiger partial charge in [0.05, 0.1) is 12.0 Å². The molecule has 0 aromatic heterocycles. The quantitative estimate of drug-likeness (QED) is 0.735. The van der Waals surface area contributed by atoms with E-state index in [9.17, 15) is 8.42 Å². The van der Waals surface area contributed by atoms with Crippen LogP contribution in [0.3, 0.4) is 0 Å². The summed E-state index contributed by atoms with van der Waals surface area (Å²) in [7, 11) is -2.05. The molecule has 1 saturated heterocycles. The number of ether oxygens (including phenoxy) is 2. The van der Waals surface area contributed by atoms with Gasteiger partial charge >= 0.3 is 0 Å². The lowest BCUT2D eigenvalue weighted by molar-refractivity contribution is 0.0517. The normalized spacial score (nSPS) is 16.7. The molecule has 158 valence electrons. The monoisotopic (exact) mass is 417 g/mol. The van der Waals surface area contributed by atoms with Crippen LogP contribution >= 0.6 is 0 Å². The fourth-order valence-corrected chi connectivity index (χ4v) is 5.41. The molecule has 2 aromatic rings. The average molecular weight is 418 g/mol. The van der Waals surface area contributed by atoms with Crippen LogP contribution in [0.25, 0.3) is 0 Å². The maximum atomic E-state index is 13.3. The van der Waals surface area contributed by atoms with Gasteiger partial charge in [0, 0.05) is 25.2 Å². The molecule has 0 amide bonds. The highest BCUT2D eigenvalue weighted by Crippen LogP contribution is 2.35.